The average Bonchev–Trinajstić information content (AvgIpc) is 2.36. The normalized spacial score (nSPS) is 13.7. The van der Waals surface area contributed by atoms with Gasteiger partial charge >= 0.3 is 0 Å². The van der Waals surface area contributed by atoms with Gasteiger partial charge in [-0.1, -0.05) is 26.8 Å². The number of rotatable bonds is 7. The van der Waals surface area contributed by atoms with Gasteiger partial charge in [0.2, 0.25) is 0 Å². The number of hydrogen-bond donors (Lipinski definition) is 2. The number of hydrogen-bond acceptors (Lipinski definition) is 4. The molecule has 6 heteroatoms. The number of aromatic nitrogens is 1. The third-order valence-corrected chi connectivity index (χ3v) is 4.47. The van der Waals surface area contributed by atoms with Crippen LogP contribution in [-0.4, -0.2) is 26.0 Å². The third-order valence-electron chi connectivity index (χ3n) is 2.99. The van der Waals surface area contributed by atoms with Gasteiger partial charge in [-0.05, 0) is 31.0 Å². The zero-order valence-corrected chi connectivity index (χ0v) is 12.8. The van der Waals surface area contributed by atoms with Gasteiger partial charge in [0.15, 0.2) is 5.03 Å². The predicted octanol–water partition coefficient (Wildman–Crippen LogP) is 1.51. The van der Waals surface area contributed by atoms with Crippen LogP contribution >= 0.6 is 0 Å². The van der Waals surface area contributed by atoms with Crippen LogP contribution in [0.5, 0.6) is 0 Å². The van der Waals surface area contributed by atoms with E-state index in [1.807, 2.05) is 27.7 Å². The summed E-state index contributed by atoms with van der Waals surface area (Å²) in [6, 6.07) is 3.21. The maximum atomic E-state index is 12.1. The Kier molecular flexibility index (Phi) is 5.90. The van der Waals surface area contributed by atoms with Gasteiger partial charge in [-0.15, -0.1) is 0 Å². The van der Waals surface area contributed by atoms with E-state index in [2.05, 4.69) is 15.0 Å². The van der Waals surface area contributed by atoms with Crippen molar-refractivity contribution in [2.45, 2.75) is 45.3 Å². The van der Waals surface area contributed by atoms with E-state index in [0.717, 1.165) is 12.1 Å². The SMILES string of the molecule is CCNCc1ccc(S(=O)(=O)NC(C)C(C)C)nc1. The summed E-state index contributed by atoms with van der Waals surface area (Å²) in [4.78, 5) is 4.03. The summed E-state index contributed by atoms with van der Waals surface area (Å²) in [7, 11) is -3.52. The number of nitrogens with one attached hydrogen (secondary N) is 2. The van der Waals surface area contributed by atoms with Crippen molar-refractivity contribution < 1.29 is 8.42 Å². The van der Waals surface area contributed by atoms with Crippen molar-refractivity contribution in [3.63, 3.8) is 0 Å². The second kappa shape index (κ2) is 6.98. The van der Waals surface area contributed by atoms with E-state index in [1.165, 1.54) is 0 Å². The Labute approximate surface area is 115 Å². The lowest BCUT2D eigenvalue weighted by Crippen LogP contribution is -2.36. The first-order valence-corrected chi connectivity index (χ1v) is 8.03. The molecule has 0 aliphatic rings. The lowest BCUT2D eigenvalue weighted by Gasteiger charge is -2.17. The highest BCUT2D eigenvalue weighted by Crippen LogP contribution is 2.10. The lowest BCUT2D eigenvalue weighted by molar-refractivity contribution is 0.475. The van der Waals surface area contributed by atoms with E-state index < -0.39 is 10.0 Å². The molecular formula is C13H23N3O2S. The summed E-state index contributed by atoms with van der Waals surface area (Å²) in [6.45, 7) is 9.37. The second-order valence-electron chi connectivity index (χ2n) is 4.94. The van der Waals surface area contributed by atoms with E-state index in [4.69, 9.17) is 0 Å². The van der Waals surface area contributed by atoms with Gasteiger partial charge in [0.25, 0.3) is 10.0 Å². The molecule has 0 saturated carbocycles. The maximum absolute atomic E-state index is 12.1. The summed E-state index contributed by atoms with van der Waals surface area (Å²) in [5.41, 5.74) is 0.970. The Morgan fingerprint density at radius 1 is 1.26 bits per heavy atom. The summed E-state index contributed by atoms with van der Waals surface area (Å²) >= 11 is 0. The Hall–Kier alpha value is -0.980. The van der Waals surface area contributed by atoms with Crippen LogP contribution in [0.4, 0.5) is 0 Å². The third kappa shape index (κ3) is 4.89. The first-order chi connectivity index (χ1) is 8.86. The van der Waals surface area contributed by atoms with Crippen molar-refractivity contribution in [2.75, 3.05) is 6.54 Å². The molecule has 1 aromatic heterocycles. The molecule has 0 saturated heterocycles. The molecule has 0 fully saturated rings. The van der Waals surface area contributed by atoms with Gasteiger partial charge in [-0.3, -0.25) is 0 Å². The molecule has 1 rings (SSSR count). The van der Waals surface area contributed by atoms with E-state index in [1.54, 1.807) is 18.3 Å². The number of pyridine rings is 1. The van der Waals surface area contributed by atoms with Crippen molar-refractivity contribution in [2.24, 2.45) is 5.92 Å². The molecule has 19 heavy (non-hydrogen) atoms. The first kappa shape index (κ1) is 16.1. The largest absolute Gasteiger partial charge is 0.313 e. The van der Waals surface area contributed by atoms with Crippen LogP contribution in [0.3, 0.4) is 0 Å². The van der Waals surface area contributed by atoms with Gasteiger partial charge in [-0.25, -0.2) is 18.1 Å². The quantitative estimate of drug-likeness (QED) is 0.796. The summed E-state index contributed by atoms with van der Waals surface area (Å²) in [5, 5.41) is 3.23. The predicted molar refractivity (Wildman–Crippen MR) is 76.2 cm³/mol. The van der Waals surface area contributed by atoms with Gasteiger partial charge in [-0.2, -0.15) is 0 Å². The fourth-order valence-electron chi connectivity index (χ4n) is 1.38. The molecule has 1 atom stereocenters. The van der Waals surface area contributed by atoms with E-state index >= 15 is 0 Å². The van der Waals surface area contributed by atoms with E-state index in [-0.39, 0.29) is 17.0 Å². The molecule has 0 bridgehead atoms. The fourth-order valence-corrected chi connectivity index (χ4v) is 2.71. The van der Waals surface area contributed by atoms with Crippen molar-refractivity contribution in [3.8, 4) is 0 Å². The van der Waals surface area contributed by atoms with E-state index in [9.17, 15) is 8.42 Å². The molecular weight excluding hydrogens is 262 g/mol. The number of sulfonamides is 1. The summed E-state index contributed by atoms with van der Waals surface area (Å²) in [5.74, 6) is 0.239. The molecule has 0 radical (unpaired) electrons. The molecule has 5 nitrogen and oxygen atoms in total. The van der Waals surface area contributed by atoms with Crippen LogP contribution in [0.25, 0.3) is 0 Å². The molecule has 0 aliphatic carbocycles. The van der Waals surface area contributed by atoms with Crippen LogP contribution < -0.4 is 10.0 Å². The van der Waals surface area contributed by atoms with E-state index in [0.29, 0.717) is 6.54 Å². The fraction of sp³-hybridized carbons (Fsp3) is 0.615. The molecule has 0 aromatic carbocycles. The average molecular weight is 285 g/mol. The van der Waals surface area contributed by atoms with Crippen LogP contribution in [0.2, 0.25) is 0 Å². The Morgan fingerprint density at radius 2 is 1.95 bits per heavy atom. The Morgan fingerprint density at radius 3 is 2.42 bits per heavy atom. The molecule has 0 amide bonds. The highest BCUT2D eigenvalue weighted by Gasteiger charge is 2.20. The van der Waals surface area contributed by atoms with Gasteiger partial charge in [0.05, 0.1) is 0 Å². The minimum atomic E-state index is -3.52. The van der Waals surface area contributed by atoms with Crippen LogP contribution in [0, 0.1) is 5.92 Å². The Bertz CT molecular complexity index is 483. The first-order valence-electron chi connectivity index (χ1n) is 6.54. The molecule has 108 valence electrons. The maximum Gasteiger partial charge on any atom is 0.258 e. The topological polar surface area (TPSA) is 71.1 Å². The van der Waals surface area contributed by atoms with Crippen molar-refractivity contribution in [1.82, 2.24) is 15.0 Å². The highest BCUT2D eigenvalue weighted by atomic mass is 32.2. The van der Waals surface area contributed by atoms with Crippen molar-refractivity contribution in [3.05, 3.63) is 23.9 Å². The standard InChI is InChI=1S/C13H23N3O2S/c1-5-14-8-12-6-7-13(15-9-12)19(17,18)16-11(4)10(2)3/h6-7,9-11,14,16H,5,8H2,1-4H3. The Balaban J connectivity index is 2.79. The molecule has 1 aromatic rings. The minimum Gasteiger partial charge on any atom is -0.313 e. The zero-order valence-electron chi connectivity index (χ0n) is 12.0. The highest BCUT2D eigenvalue weighted by molar-refractivity contribution is 7.89. The van der Waals surface area contributed by atoms with Crippen LogP contribution in [-0.2, 0) is 16.6 Å². The van der Waals surface area contributed by atoms with Crippen LogP contribution in [0.15, 0.2) is 23.4 Å². The molecule has 0 aliphatic heterocycles. The lowest BCUT2D eigenvalue weighted by atomic mass is 10.1. The second-order valence-corrected chi connectivity index (χ2v) is 6.60. The zero-order chi connectivity index (χ0) is 14.5. The monoisotopic (exact) mass is 285 g/mol. The van der Waals surface area contributed by atoms with Gasteiger partial charge < -0.3 is 5.32 Å². The summed E-state index contributed by atoms with van der Waals surface area (Å²) in [6.07, 6.45) is 1.59. The van der Waals surface area contributed by atoms with Crippen LogP contribution in [0.1, 0.15) is 33.3 Å². The molecule has 1 heterocycles. The van der Waals surface area contributed by atoms with Crippen molar-refractivity contribution >= 4 is 10.0 Å². The van der Waals surface area contributed by atoms with Gasteiger partial charge in [0.1, 0.15) is 0 Å². The summed E-state index contributed by atoms with van der Waals surface area (Å²) < 4.78 is 26.8. The number of nitrogens with zero attached hydrogens (tertiary/aromatic N) is 1. The molecule has 1 unspecified atom stereocenters. The smallest absolute Gasteiger partial charge is 0.258 e. The van der Waals surface area contributed by atoms with Crippen molar-refractivity contribution in [1.29, 1.82) is 0 Å². The molecule has 0 spiro atoms. The minimum absolute atomic E-state index is 0.0697. The van der Waals surface area contributed by atoms with Gasteiger partial charge in [0, 0.05) is 18.8 Å². The molecule has 2 N–H and O–H groups in total.